The molecule has 0 fully saturated rings. The third-order valence-corrected chi connectivity index (χ3v) is 4.34. The fourth-order valence-electron chi connectivity index (χ4n) is 1.27. The lowest BCUT2D eigenvalue weighted by Crippen LogP contribution is -2.27. The van der Waals surface area contributed by atoms with Gasteiger partial charge < -0.3 is 0 Å². The molecule has 1 unspecified atom stereocenters. The predicted molar refractivity (Wildman–Crippen MR) is 58.6 cm³/mol. The second-order valence-electron chi connectivity index (χ2n) is 2.86. The molecule has 2 heterocycles. The van der Waals surface area contributed by atoms with Crippen LogP contribution in [0.2, 0.25) is 0 Å². The van der Waals surface area contributed by atoms with Gasteiger partial charge in [-0.1, -0.05) is 0 Å². The van der Waals surface area contributed by atoms with E-state index in [1.54, 1.807) is 6.92 Å². The Bertz CT molecular complexity index is 384. The summed E-state index contributed by atoms with van der Waals surface area (Å²) in [6.07, 6.45) is 0. The van der Waals surface area contributed by atoms with Crippen LogP contribution in [0.1, 0.15) is 13.8 Å². The topological polar surface area (TPSA) is 41.8 Å². The molecule has 5 heteroatoms. The van der Waals surface area contributed by atoms with Crippen LogP contribution in [0.25, 0.3) is 0 Å². The third-order valence-electron chi connectivity index (χ3n) is 1.86. The van der Waals surface area contributed by atoms with E-state index in [1.807, 2.05) is 6.92 Å². The number of nitrogens with zero attached hydrogens (tertiary/aromatic N) is 2. The van der Waals surface area contributed by atoms with Crippen LogP contribution >= 0.6 is 27.7 Å². The molecule has 0 radical (unpaired) electrons. The van der Waals surface area contributed by atoms with Gasteiger partial charge in [0.05, 0.1) is 10.2 Å². The maximum Gasteiger partial charge on any atom is 0.267 e. The maximum absolute atomic E-state index is 11.4. The van der Waals surface area contributed by atoms with Crippen LogP contribution in [0.4, 0.5) is 0 Å². The number of hydrogen-bond acceptors (Lipinski definition) is 3. The summed E-state index contributed by atoms with van der Waals surface area (Å²) in [4.78, 5) is 20.6. The molecule has 0 aromatic carbocycles. The second kappa shape index (κ2) is 3.06. The van der Waals surface area contributed by atoms with Crippen molar-refractivity contribution in [1.29, 1.82) is 0 Å². The zero-order chi connectivity index (χ0) is 9.59. The molecule has 0 aromatic heterocycles. The van der Waals surface area contributed by atoms with E-state index in [-0.39, 0.29) is 11.2 Å². The first-order valence-corrected chi connectivity index (χ1v) is 5.48. The van der Waals surface area contributed by atoms with Crippen molar-refractivity contribution in [3.63, 3.8) is 0 Å². The smallest absolute Gasteiger partial charge is 0.267 e. The normalized spacial score (nSPS) is 27.3. The average molecular weight is 259 g/mol. The van der Waals surface area contributed by atoms with Crippen LogP contribution in [0, 0.1) is 0 Å². The van der Waals surface area contributed by atoms with Gasteiger partial charge in [-0.3, -0.25) is 4.79 Å². The number of hydrogen-bond donors (Lipinski definition) is 0. The quantitative estimate of drug-likeness (QED) is 0.668. The number of amidine groups is 1. The van der Waals surface area contributed by atoms with Crippen molar-refractivity contribution in [2.24, 2.45) is 9.98 Å². The molecule has 0 saturated heterocycles. The van der Waals surface area contributed by atoms with Crippen LogP contribution in [0.3, 0.4) is 0 Å². The molecule has 2 rings (SSSR count). The molecule has 0 saturated carbocycles. The van der Waals surface area contributed by atoms with E-state index < -0.39 is 0 Å². The van der Waals surface area contributed by atoms with Gasteiger partial charge in [-0.15, -0.1) is 11.8 Å². The lowest BCUT2D eigenvalue weighted by atomic mass is 10.2. The van der Waals surface area contributed by atoms with Gasteiger partial charge in [-0.2, -0.15) is 4.99 Å². The Hall–Kier alpha value is -0.420. The minimum atomic E-state index is -0.210. The Labute approximate surface area is 88.5 Å². The van der Waals surface area contributed by atoms with Crippen LogP contribution in [0.15, 0.2) is 19.4 Å². The molecular weight excluding hydrogens is 252 g/mol. The monoisotopic (exact) mass is 258 g/mol. The summed E-state index contributed by atoms with van der Waals surface area (Å²) in [7, 11) is 0. The number of rotatable bonds is 0. The lowest BCUT2D eigenvalue weighted by molar-refractivity contribution is -0.116. The Morgan fingerprint density at radius 3 is 2.77 bits per heavy atom. The van der Waals surface area contributed by atoms with Crippen molar-refractivity contribution >= 4 is 45.1 Å². The Kier molecular flexibility index (Phi) is 2.15. The van der Waals surface area contributed by atoms with Gasteiger partial charge in [0.1, 0.15) is 11.1 Å². The first kappa shape index (κ1) is 9.15. The van der Waals surface area contributed by atoms with E-state index in [0.717, 1.165) is 15.1 Å². The molecule has 0 spiro atoms. The van der Waals surface area contributed by atoms with Crippen molar-refractivity contribution in [3.8, 4) is 0 Å². The van der Waals surface area contributed by atoms with Gasteiger partial charge >= 0.3 is 0 Å². The highest BCUT2D eigenvalue weighted by molar-refractivity contribution is 9.12. The average Bonchev–Trinajstić information content (AvgIpc) is 2.32. The first-order valence-electron chi connectivity index (χ1n) is 3.80. The minimum Gasteiger partial charge on any atom is -0.271 e. The third kappa shape index (κ3) is 1.40. The molecule has 0 N–H and O–H groups in total. The summed E-state index contributed by atoms with van der Waals surface area (Å²) in [6, 6.07) is 0. The molecule has 2 aliphatic heterocycles. The van der Waals surface area contributed by atoms with Gasteiger partial charge in [0.25, 0.3) is 5.91 Å². The summed E-state index contributed by atoms with van der Waals surface area (Å²) in [5, 5.41) is -0.210. The van der Waals surface area contributed by atoms with Crippen molar-refractivity contribution in [3.05, 3.63) is 9.39 Å². The fraction of sp³-hybridized carbons (Fsp3) is 0.375. The highest BCUT2D eigenvalue weighted by atomic mass is 79.9. The zero-order valence-electron chi connectivity index (χ0n) is 7.17. The van der Waals surface area contributed by atoms with Crippen molar-refractivity contribution in [2.45, 2.75) is 19.1 Å². The standard InChI is InChI=1S/C8H7BrN2OS/c1-3-5(9)6-7(13-3)8(12)11-4(2)10-6/h7H,1-2H3. The van der Waals surface area contributed by atoms with Crippen LogP contribution in [0.5, 0.6) is 0 Å². The van der Waals surface area contributed by atoms with Gasteiger partial charge in [0.2, 0.25) is 0 Å². The molecular formula is C8H7BrN2OS. The van der Waals surface area contributed by atoms with E-state index in [0.29, 0.717) is 5.84 Å². The number of halogens is 1. The maximum atomic E-state index is 11.4. The summed E-state index contributed by atoms with van der Waals surface area (Å²) in [5.74, 6) is 0.449. The highest BCUT2D eigenvalue weighted by Gasteiger charge is 2.36. The SMILES string of the molecule is CC1=NC(=O)C2SC(C)=C(Br)C2=N1. The number of aliphatic imine (C=N–C) groups is 2. The van der Waals surface area contributed by atoms with Crippen LogP contribution < -0.4 is 0 Å². The number of amides is 1. The second-order valence-corrected chi connectivity index (χ2v) is 4.97. The van der Waals surface area contributed by atoms with Gasteiger partial charge in [0, 0.05) is 0 Å². The van der Waals surface area contributed by atoms with Crippen LogP contribution in [-0.4, -0.2) is 22.7 Å². The first-order chi connectivity index (χ1) is 6.09. The molecule has 1 amide bonds. The lowest BCUT2D eigenvalue weighted by Gasteiger charge is -2.11. The molecule has 1 atom stereocenters. The summed E-state index contributed by atoms with van der Waals surface area (Å²) in [6.45, 7) is 3.71. The Balaban J connectivity index is 2.48. The molecule has 0 aliphatic carbocycles. The van der Waals surface area contributed by atoms with Crippen LogP contribution in [-0.2, 0) is 4.79 Å². The van der Waals surface area contributed by atoms with Gasteiger partial charge in [0.15, 0.2) is 0 Å². The number of carbonyl (C=O) groups excluding carboxylic acids is 1. The summed E-state index contributed by atoms with van der Waals surface area (Å²) >= 11 is 4.93. The van der Waals surface area contributed by atoms with E-state index >= 15 is 0 Å². The summed E-state index contributed by atoms with van der Waals surface area (Å²) < 4.78 is 0.949. The molecule has 0 bridgehead atoms. The highest BCUT2D eigenvalue weighted by Crippen LogP contribution is 2.40. The molecule has 13 heavy (non-hydrogen) atoms. The fourth-order valence-corrected chi connectivity index (χ4v) is 3.02. The number of allylic oxidation sites excluding steroid dienone is 2. The minimum absolute atomic E-state index is 0.0960. The van der Waals surface area contributed by atoms with Crippen molar-refractivity contribution in [2.75, 3.05) is 0 Å². The molecule has 2 aliphatic rings. The predicted octanol–water partition coefficient (Wildman–Crippen LogP) is 2.13. The van der Waals surface area contributed by atoms with E-state index in [2.05, 4.69) is 25.9 Å². The van der Waals surface area contributed by atoms with Crippen molar-refractivity contribution < 1.29 is 4.79 Å². The van der Waals surface area contributed by atoms with E-state index in [1.165, 1.54) is 11.8 Å². The number of fused-ring (bicyclic) bond motifs is 1. The Morgan fingerprint density at radius 1 is 1.38 bits per heavy atom. The largest absolute Gasteiger partial charge is 0.271 e. The molecule has 68 valence electrons. The van der Waals surface area contributed by atoms with E-state index in [4.69, 9.17) is 0 Å². The zero-order valence-corrected chi connectivity index (χ0v) is 9.57. The van der Waals surface area contributed by atoms with Gasteiger partial charge in [-0.05, 0) is 34.7 Å². The van der Waals surface area contributed by atoms with E-state index in [9.17, 15) is 4.79 Å². The van der Waals surface area contributed by atoms with Crippen molar-refractivity contribution in [1.82, 2.24) is 0 Å². The van der Waals surface area contributed by atoms with Gasteiger partial charge in [-0.25, -0.2) is 4.99 Å². The summed E-state index contributed by atoms with van der Waals surface area (Å²) in [5.41, 5.74) is 0.819. The molecule has 3 nitrogen and oxygen atoms in total. The molecule has 0 aromatic rings. The Morgan fingerprint density at radius 2 is 2.08 bits per heavy atom. The number of carbonyl (C=O) groups is 1. The number of thioether (sulfide) groups is 1.